The lowest BCUT2D eigenvalue weighted by molar-refractivity contribution is 0.0997. The third-order valence-corrected chi connectivity index (χ3v) is 6.22. The molecule has 1 unspecified atom stereocenters. The molecule has 0 saturated carbocycles. The molecular formula is C24H23N3O3S. The minimum absolute atomic E-state index is 0.248. The van der Waals surface area contributed by atoms with Crippen LogP contribution in [0.4, 0.5) is 10.8 Å². The molecule has 3 aromatic heterocycles. The molecule has 31 heavy (non-hydrogen) atoms. The molecule has 4 aromatic rings. The Morgan fingerprint density at radius 1 is 1.13 bits per heavy atom. The van der Waals surface area contributed by atoms with Gasteiger partial charge in [0.25, 0.3) is 5.91 Å². The van der Waals surface area contributed by atoms with Gasteiger partial charge in [-0.1, -0.05) is 18.2 Å². The van der Waals surface area contributed by atoms with Gasteiger partial charge >= 0.3 is 0 Å². The zero-order chi connectivity index (χ0) is 21.8. The molecule has 0 bridgehead atoms. The predicted octanol–water partition coefficient (Wildman–Crippen LogP) is 5.82. The number of carbonyl (C=O) groups excluding carboxylic acids is 1. The number of benzene rings is 1. The fraction of sp³-hybridized carbons (Fsp3) is 0.167. The summed E-state index contributed by atoms with van der Waals surface area (Å²) in [5.74, 6) is 1.48. The van der Waals surface area contributed by atoms with Crippen molar-refractivity contribution in [2.45, 2.75) is 19.9 Å². The van der Waals surface area contributed by atoms with Crippen molar-refractivity contribution in [1.29, 1.82) is 0 Å². The van der Waals surface area contributed by atoms with Crippen LogP contribution in [0.3, 0.4) is 0 Å². The average molecular weight is 434 g/mol. The molecule has 0 aliphatic carbocycles. The number of nitrogens with one attached hydrogen (secondary N) is 2. The lowest BCUT2D eigenvalue weighted by Gasteiger charge is -2.22. The van der Waals surface area contributed by atoms with Gasteiger partial charge in [-0.3, -0.25) is 4.79 Å². The third-order valence-electron chi connectivity index (χ3n) is 5.08. The van der Waals surface area contributed by atoms with E-state index in [1.165, 1.54) is 6.26 Å². The number of aromatic nitrogens is 1. The molecule has 0 aliphatic rings. The smallest absolute Gasteiger partial charge is 0.291 e. The van der Waals surface area contributed by atoms with Crippen LogP contribution in [0.2, 0.25) is 0 Å². The van der Waals surface area contributed by atoms with Crippen molar-refractivity contribution >= 4 is 28.1 Å². The lowest BCUT2D eigenvalue weighted by atomic mass is 9.96. The van der Waals surface area contributed by atoms with Gasteiger partial charge in [-0.25, -0.2) is 4.98 Å². The first kappa shape index (κ1) is 20.7. The van der Waals surface area contributed by atoms with Gasteiger partial charge in [-0.2, -0.15) is 0 Å². The van der Waals surface area contributed by atoms with E-state index in [-0.39, 0.29) is 17.7 Å². The van der Waals surface area contributed by atoms with E-state index in [4.69, 9.17) is 9.15 Å². The second-order valence-corrected chi connectivity index (χ2v) is 8.25. The zero-order valence-electron chi connectivity index (χ0n) is 17.5. The number of methoxy groups -OCH3 is 1. The Kier molecular flexibility index (Phi) is 6.04. The number of amides is 1. The number of nitrogens with zero attached hydrogens (tertiary/aromatic N) is 1. The van der Waals surface area contributed by atoms with Crippen molar-refractivity contribution in [2.24, 2.45) is 0 Å². The summed E-state index contributed by atoms with van der Waals surface area (Å²) in [6.45, 7) is 4.12. The number of furan rings is 1. The zero-order valence-corrected chi connectivity index (χ0v) is 18.3. The first-order valence-corrected chi connectivity index (χ1v) is 10.6. The highest BCUT2D eigenvalue weighted by Gasteiger charge is 2.26. The Labute approximate surface area is 184 Å². The number of rotatable bonds is 7. The van der Waals surface area contributed by atoms with Gasteiger partial charge in [0.2, 0.25) is 0 Å². The number of carbonyl (C=O) groups is 1. The van der Waals surface area contributed by atoms with E-state index in [1.54, 1.807) is 36.8 Å². The molecule has 1 amide bonds. The molecule has 3 heterocycles. The first-order valence-electron chi connectivity index (χ1n) is 9.83. The van der Waals surface area contributed by atoms with Crippen LogP contribution >= 0.6 is 11.3 Å². The second kappa shape index (κ2) is 9.06. The molecule has 1 atom stereocenters. The van der Waals surface area contributed by atoms with Crippen molar-refractivity contribution in [1.82, 2.24) is 4.98 Å². The number of hydrogen-bond donors (Lipinski definition) is 2. The summed E-state index contributed by atoms with van der Waals surface area (Å²) in [5, 5.41) is 7.34. The third kappa shape index (κ3) is 4.46. The van der Waals surface area contributed by atoms with Crippen LogP contribution in [-0.4, -0.2) is 18.0 Å². The Bertz CT molecular complexity index is 1170. The van der Waals surface area contributed by atoms with E-state index >= 15 is 0 Å². The average Bonchev–Trinajstić information content (AvgIpc) is 3.42. The molecule has 0 saturated heterocycles. The van der Waals surface area contributed by atoms with Crippen molar-refractivity contribution in [3.63, 3.8) is 0 Å². The summed E-state index contributed by atoms with van der Waals surface area (Å²) in [4.78, 5) is 18.3. The second-order valence-electron chi connectivity index (χ2n) is 7.03. The number of aryl methyl sites for hydroxylation is 1. The van der Waals surface area contributed by atoms with Gasteiger partial charge in [0.15, 0.2) is 5.76 Å². The molecule has 0 spiro atoms. The maximum Gasteiger partial charge on any atom is 0.291 e. The monoisotopic (exact) mass is 433 g/mol. The minimum Gasteiger partial charge on any atom is -0.497 e. The number of anilines is 2. The van der Waals surface area contributed by atoms with Gasteiger partial charge in [0.1, 0.15) is 16.6 Å². The maximum atomic E-state index is 12.7. The highest BCUT2D eigenvalue weighted by molar-refractivity contribution is 7.16. The fourth-order valence-electron chi connectivity index (χ4n) is 3.40. The van der Waals surface area contributed by atoms with E-state index in [0.717, 1.165) is 38.1 Å². The summed E-state index contributed by atoms with van der Waals surface area (Å²) in [7, 11) is 1.65. The van der Waals surface area contributed by atoms with Gasteiger partial charge in [-0.15, -0.1) is 11.3 Å². The normalized spacial score (nSPS) is 11.7. The number of hydrogen-bond acceptors (Lipinski definition) is 6. The van der Waals surface area contributed by atoms with Gasteiger partial charge < -0.3 is 19.8 Å². The van der Waals surface area contributed by atoms with Crippen LogP contribution in [0.15, 0.2) is 71.5 Å². The van der Waals surface area contributed by atoms with Gasteiger partial charge in [-0.05, 0) is 61.4 Å². The van der Waals surface area contributed by atoms with E-state index in [0.29, 0.717) is 0 Å². The highest BCUT2D eigenvalue weighted by Crippen LogP contribution is 2.41. The van der Waals surface area contributed by atoms with Crippen molar-refractivity contribution in [3.8, 4) is 5.75 Å². The first-order chi connectivity index (χ1) is 15.1. The fourth-order valence-corrected chi connectivity index (χ4v) is 4.49. The quantitative estimate of drug-likeness (QED) is 0.384. The molecule has 7 heteroatoms. The van der Waals surface area contributed by atoms with E-state index in [9.17, 15) is 4.79 Å². The Morgan fingerprint density at radius 2 is 2.00 bits per heavy atom. The summed E-state index contributed by atoms with van der Waals surface area (Å²) in [5.41, 5.74) is 3.09. The summed E-state index contributed by atoms with van der Waals surface area (Å²) >= 11 is 1.54. The Hall–Kier alpha value is -3.58. The molecule has 4 rings (SSSR count). The van der Waals surface area contributed by atoms with Gasteiger partial charge in [0.05, 0.1) is 19.4 Å². The van der Waals surface area contributed by atoms with Crippen molar-refractivity contribution < 1.29 is 13.9 Å². The molecule has 158 valence electrons. The Morgan fingerprint density at radius 3 is 2.71 bits per heavy atom. The summed E-state index contributed by atoms with van der Waals surface area (Å²) in [6, 6.07) is 16.7. The lowest BCUT2D eigenvalue weighted by Crippen LogP contribution is -2.17. The number of thiophene rings is 1. The van der Waals surface area contributed by atoms with Crippen molar-refractivity contribution in [3.05, 3.63) is 94.4 Å². The molecule has 0 fully saturated rings. The standard InChI is InChI=1S/C24H23N3O3S/c1-15-16(2)31-24(27-23(28)19-10-7-13-30-19)21(15)22(26-20-11-4-5-12-25-20)17-8-6-9-18(14-17)29-3/h4-14,22H,1-3H3,(H,25,26)(H,27,28). The van der Waals surface area contributed by atoms with Crippen LogP contribution in [0, 0.1) is 13.8 Å². The summed E-state index contributed by atoms with van der Waals surface area (Å²) < 4.78 is 10.7. The molecule has 2 N–H and O–H groups in total. The largest absolute Gasteiger partial charge is 0.497 e. The highest BCUT2D eigenvalue weighted by atomic mass is 32.1. The molecule has 0 radical (unpaired) electrons. The number of ether oxygens (including phenoxy) is 1. The van der Waals surface area contributed by atoms with Crippen LogP contribution in [0.5, 0.6) is 5.75 Å². The van der Waals surface area contributed by atoms with E-state index < -0.39 is 0 Å². The molecular weight excluding hydrogens is 410 g/mol. The maximum absolute atomic E-state index is 12.7. The SMILES string of the molecule is COc1cccc(C(Nc2ccccn2)c2c(NC(=O)c3ccco3)sc(C)c2C)c1. The van der Waals surface area contributed by atoms with Crippen LogP contribution in [0.1, 0.15) is 38.2 Å². The topological polar surface area (TPSA) is 76.4 Å². The molecule has 1 aromatic carbocycles. The summed E-state index contributed by atoms with van der Waals surface area (Å²) in [6.07, 6.45) is 3.23. The van der Waals surface area contributed by atoms with Crippen molar-refractivity contribution in [2.75, 3.05) is 17.7 Å². The van der Waals surface area contributed by atoms with Gasteiger partial charge in [0, 0.05) is 16.6 Å². The predicted molar refractivity (Wildman–Crippen MR) is 123 cm³/mol. The Balaban J connectivity index is 1.79. The van der Waals surface area contributed by atoms with E-state index in [2.05, 4.69) is 29.5 Å². The van der Waals surface area contributed by atoms with Crippen LogP contribution in [-0.2, 0) is 0 Å². The molecule has 0 aliphatic heterocycles. The van der Waals surface area contributed by atoms with Crippen LogP contribution < -0.4 is 15.4 Å². The van der Waals surface area contributed by atoms with E-state index in [1.807, 2.05) is 42.5 Å². The number of pyridine rings is 1. The molecule has 6 nitrogen and oxygen atoms in total. The minimum atomic E-state index is -0.283. The van der Waals surface area contributed by atoms with Crippen LogP contribution in [0.25, 0.3) is 0 Å².